The molecule has 4 rings (SSSR count). The van der Waals surface area contributed by atoms with E-state index in [4.69, 9.17) is 16.3 Å². The first kappa shape index (κ1) is 19.6. The second-order valence-corrected chi connectivity index (χ2v) is 6.89. The number of nitrogens with zero attached hydrogens (tertiary/aromatic N) is 2. The summed E-state index contributed by atoms with van der Waals surface area (Å²) in [5.74, 6) is 0.339. The maximum Gasteiger partial charge on any atom is 0.274 e. The molecule has 0 bridgehead atoms. The minimum Gasteiger partial charge on any atom is -0.489 e. The molecule has 0 aliphatic heterocycles. The first-order valence-electron chi connectivity index (χ1n) is 9.34. The average Bonchev–Trinajstić information content (AvgIpc) is 2.79. The van der Waals surface area contributed by atoms with Crippen molar-refractivity contribution in [1.82, 2.24) is 10.4 Å². The highest BCUT2D eigenvalue weighted by Crippen LogP contribution is 2.21. The lowest BCUT2D eigenvalue weighted by Gasteiger charge is -2.09. The third-order valence-corrected chi connectivity index (χ3v) is 4.84. The summed E-state index contributed by atoms with van der Waals surface area (Å²) in [4.78, 5) is 15.9. The van der Waals surface area contributed by atoms with Gasteiger partial charge >= 0.3 is 0 Å². The summed E-state index contributed by atoms with van der Waals surface area (Å²) in [7, 11) is 0. The lowest BCUT2D eigenvalue weighted by atomic mass is 10.1. The lowest BCUT2D eigenvalue weighted by molar-refractivity contribution is 0.0955. The SMILES string of the molecule is O=C(NN=Cc1ccc(OCc2cccc3ccccc23)cc1)c1cccnc1Cl. The second-order valence-electron chi connectivity index (χ2n) is 6.54. The van der Waals surface area contributed by atoms with Crippen LogP contribution < -0.4 is 10.2 Å². The van der Waals surface area contributed by atoms with Crippen LogP contribution in [0.1, 0.15) is 21.5 Å². The number of carbonyl (C=O) groups excluding carboxylic acids is 1. The van der Waals surface area contributed by atoms with Gasteiger partial charge in [0.15, 0.2) is 0 Å². The normalized spacial score (nSPS) is 11.0. The summed E-state index contributed by atoms with van der Waals surface area (Å²) in [6, 6.07) is 25.1. The quantitative estimate of drug-likeness (QED) is 0.266. The number of aromatic nitrogens is 1. The Morgan fingerprint density at radius 2 is 1.80 bits per heavy atom. The summed E-state index contributed by atoms with van der Waals surface area (Å²) in [6.45, 7) is 0.483. The molecular formula is C24H18ClN3O2. The standard InChI is InChI=1S/C24H18ClN3O2/c25-23-22(9-4-14-26-23)24(29)28-27-15-17-10-12-20(13-11-17)30-16-19-7-3-6-18-5-1-2-8-21(18)19/h1-15H,16H2,(H,28,29). The van der Waals surface area contributed by atoms with Crippen LogP contribution in [0.2, 0.25) is 5.15 Å². The fourth-order valence-corrected chi connectivity index (χ4v) is 3.22. The van der Waals surface area contributed by atoms with Crippen molar-refractivity contribution in [3.8, 4) is 5.75 Å². The number of hydrogen-bond donors (Lipinski definition) is 1. The molecule has 6 heteroatoms. The minimum absolute atomic E-state index is 0.137. The van der Waals surface area contributed by atoms with Crippen LogP contribution in [0, 0.1) is 0 Å². The van der Waals surface area contributed by atoms with Crippen LogP contribution in [-0.4, -0.2) is 17.1 Å². The molecule has 0 fully saturated rings. The van der Waals surface area contributed by atoms with Gasteiger partial charge in [0.05, 0.1) is 11.8 Å². The number of amides is 1. The number of halogens is 1. The third-order valence-electron chi connectivity index (χ3n) is 4.54. The number of hydrazone groups is 1. The highest BCUT2D eigenvalue weighted by molar-refractivity contribution is 6.32. The Balaban J connectivity index is 1.35. The summed E-state index contributed by atoms with van der Waals surface area (Å²) >= 11 is 5.90. The fourth-order valence-electron chi connectivity index (χ4n) is 3.01. The van der Waals surface area contributed by atoms with E-state index in [1.54, 1.807) is 18.3 Å². The van der Waals surface area contributed by atoms with Gasteiger partial charge in [-0.2, -0.15) is 5.10 Å². The van der Waals surface area contributed by atoms with E-state index in [0.29, 0.717) is 6.61 Å². The van der Waals surface area contributed by atoms with E-state index < -0.39 is 5.91 Å². The Bertz CT molecular complexity index is 1200. The largest absolute Gasteiger partial charge is 0.489 e. The number of fused-ring (bicyclic) bond motifs is 1. The molecule has 148 valence electrons. The Labute approximate surface area is 179 Å². The van der Waals surface area contributed by atoms with E-state index >= 15 is 0 Å². The topological polar surface area (TPSA) is 63.6 Å². The Morgan fingerprint density at radius 3 is 2.63 bits per heavy atom. The van der Waals surface area contributed by atoms with Gasteiger partial charge in [0.25, 0.3) is 5.91 Å². The van der Waals surface area contributed by atoms with Crippen molar-refractivity contribution in [3.05, 3.63) is 107 Å². The summed E-state index contributed by atoms with van der Waals surface area (Å²) in [5.41, 5.74) is 4.67. The molecule has 1 aromatic heterocycles. The van der Waals surface area contributed by atoms with E-state index in [-0.39, 0.29) is 10.7 Å². The van der Waals surface area contributed by atoms with E-state index in [0.717, 1.165) is 16.9 Å². The van der Waals surface area contributed by atoms with Crippen LogP contribution in [0.3, 0.4) is 0 Å². The number of rotatable bonds is 6. The molecule has 30 heavy (non-hydrogen) atoms. The fraction of sp³-hybridized carbons (Fsp3) is 0.0417. The highest BCUT2D eigenvalue weighted by atomic mass is 35.5. The van der Waals surface area contributed by atoms with Gasteiger partial charge in [-0.15, -0.1) is 0 Å². The van der Waals surface area contributed by atoms with Gasteiger partial charge in [-0.25, -0.2) is 10.4 Å². The number of carbonyl (C=O) groups is 1. The van der Waals surface area contributed by atoms with E-state index in [1.807, 2.05) is 42.5 Å². The predicted molar refractivity (Wildman–Crippen MR) is 119 cm³/mol. The van der Waals surface area contributed by atoms with Crippen molar-refractivity contribution in [2.75, 3.05) is 0 Å². The molecule has 0 aliphatic rings. The Kier molecular flexibility index (Phi) is 6.01. The maximum atomic E-state index is 12.1. The molecule has 1 heterocycles. The summed E-state index contributed by atoms with van der Waals surface area (Å²) in [6.07, 6.45) is 3.07. The van der Waals surface area contributed by atoms with Gasteiger partial charge < -0.3 is 4.74 Å². The van der Waals surface area contributed by atoms with Crippen molar-refractivity contribution in [1.29, 1.82) is 0 Å². The smallest absolute Gasteiger partial charge is 0.274 e. The second kappa shape index (κ2) is 9.20. The van der Waals surface area contributed by atoms with Crippen molar-refractivity contribution in [3.63, 3.8) is 0 Å². The van der Waals surface area contributed by atoms with E-state index in [1.165, 1.54) is 17.0 Å². The predicted octanol–water partition coefficient (Wildman–Crippen LogP) is 5.23. The molecule has 0 unspecified atom stereocenters. The Hall–Kier alpha value is -3.70. The zero-order valence-corrected chi connectivity index (χ0v) is 16.7. The van der Waals surface area contributed by atoms with Crippen molar-refractivity contribution in [2.24, 2.45) is 5.10 Å². The first-order chi connectivity index (χ1) is 14.7. The molecule has 0 atom stereocenters. The minimum atomic E-state index is -0.417. The molecule has 4 aromatic rings. The average molecular weight is 416 g/mol. The maximum absolute atomic E-state index is 12.1. The summed E-state index contributed by atoms with van der Waals surface area (Å²) in [5, 5.41) is 6.48. The van der Waals surface area contributed by atoms with Gasteiger partial charge in [-0.1, -0.05) is 54.1 Å². The first-order valence-corrected chi connectivity index (χ1v) is 9.72. The molecule has 0 saturated carbocycles. The van der Waals surface area contributed by atoms with Crippen LogP contribution in [0.5, 0.6) is 5.75 Å². The third kappa shape index (κ3) is 4.64. The number of ether oxygens (including phenoxy) is 1. The van der Waals surface area contributed by atoms with Crippen molar-refractivity contribution < 1.29 is 9.53 Å². The molecule has 1 amide bonds. The zero-order valence-electron chi connectivity index (χ0n) is 16.0. The number of hydrogen-bond acceptors (Lipinski definition) is 4. The van der Waals surface area contributed by atoms with E-state index in [2.05, 4.69) is 39.8 Å². The van der Waals surface area contributed by atoms with Gasteiger partial charge in [0.1, 0.15) is 17.5 Å². The van der Waals surface area contributed by atoms with Crippen molar-refractivity contribution >= 4 is 34.5 Å². The number of benzene rings is 3. The van der Waals surface area contributed by atoms with Gasteiger partial charge in [0, 0.05) is 6.20 Å². The molecule has 5 nitrogen and oxygen atoms in total. The van der Waals surface area contributed by atoms with Crippen LogP contribution in [0.25, 0.3) is 10.8 Å². The highest BCUT2D eigenvalue weighted by Gasteiger charge is 2.09. The van der Waals surface area contributed by atoms with E-state index in [9.17, 15) is 4.79 Å². The molecule has 0 saturated heterocycles. The number of pyridine rings is 1. The van der Waals surface area contributed by atoms with Gasteiger partial charge in [-0.05, 0) is 58.3 Å². The molecular weight excluding hydrogens is 398 g/mol. The van der Waals surface area contributed by atoms with Gasteiger partial charge in [0.2, 0.25) is 0 Å². The van der Waals surface area contributed by atoms with Crippen LogP contribution in [-0.2, 0) is 6.61 Å². The van der Waals surface area contributed by atoms with Gasteiger partial charge in [-0.3, -0.25) is 4.79 Å². The van der Waals surface area contributed by atoms with Crippen LogP contribution >= 0.6 is 11.6 Å². The zero-order chi connectivity index (χ0) is 20.8. The molecule has 0 spiro atoms. The number of nitrogens with one attached hydrogen (secondary N) is 1. The monoisotopic (exact) mass is 415 g/mol. The lowest BCUT2D eigenvalue weighted by Crippen LogP contribution is -2.18. The van der Waals surface area contributed by atoms with Crippen LogP contribution in [0.4, 0.5) is 0 Å². The summed E-state index contributed by atoms with van der Waals surface area (Å²) < 4.78 is 5.93. The molecule has 1 N–H and O–H groups in total. The molecule has 0 aliphatic carbocycles. The Morgan fingerprint density at radius 1 is 1.00 bits per heavy atom. The van der Waals surface area contributed by atoms with Crippen molar-refractivity contribution in [2.45, 2.75) is 6.61 Å². The molecule has 0 radical (unpaired) electrons. The molecule has 3 aromatic carbocycles. The van der Waals surface area contributed by atoms with Crippen LogP contribution in [0.15, 0.2) is 90.2 Å².